The molecule has 134 valence electrons. The van der Waals surface area contributed by atoms with Crippen molar-refractivity contribution in [2.24, 2.45) is 0 Å². The third kappa shape index (κ3) is 3.23. The molecule has 3 heterocycles. The van der Waals surface area contributed by atoms with Crippen molar-refractivity contribution in [3.63, 3.8) is 0 Å². The van der Waals surface area contributed by atoms with E-state index in [0.29, 0.717) is 17.4 Å². The maximum Gasteiger partial charge on any atom is 0.216 e. The summed E-state index contributed by atoms with van der Waals surface area (Å²) in [5, 5.41) is 25.3. The summed E-state index contributed by atoms with van der Waals surface area (Å²) in [4.78, 5) is 4.62. The van der Waals surface area contributed by atoms with E-state index in [4.69, 9.17) is 5.26 Å². The molecule has 2 fully saturated rings. The van der Waals surface area contributed by atoms with Gasteiger partial charge in [0.1, 0.15) is 17.5 Å². The molecule has 2 N–H and O–H groups in total. The zero-order valence-corrected chi connectivity index (χ0v) is 14.2. The zero-order valence-electron chi connectivity index (χ0n) is 14.2. The molecule has 2 aromatic rings. The number of nitrogens with one attached hydrogen (secondary N) is 2. The van der Waals surface area contributed by atoms with E-state index in [1.165, 1.54) is 25.1 Å². The fourth-order valence-electron chi connectivity index (χ4n) is 3.64. The van der Waals surface area contributed by atoms with Gasteiger partial charge in [0.05, 0.1) is 5.69 Å². The van der Waals surface area contributed by atoms with Gasteiger partial charge >= 0.3 is 0 Å². The van der Waals surface area contributed by atoms with E-state index in [1.54, 1.807) is 12.1 Å². The number of halogens is 1. The van der Waals surface area contributed by atoms with Crippen molar-refractivity contribution in [3.05, 3.63) is 36.0 Å². The first kappa shape index (κ1) is 16.5. The summed E-state index contributed by atoms with van der Waals surface area (Å²) in [5.74, 6) is -0.0838. The lowest BCUT2D eigenvalue weighted by atomic mass is 10.1. The summed E-state index contributed by atoms with van der Waals surface area (Å²) in [6.45, 7) is 3.87. The molecular formula is C17H19FN8. The van der Waals surface area contributed by atoms with E-state index in [0.717, 1.165) is 26.2 Å². The SMILES string of the molecule is N#CC(=CNc1ccc(N2CCN3CCCC3C2)c(F)c1)c1nn[nH]n1. The maximum absolute atomic E-state index is 14.6. The molecule has 0 bridgehead atoms. The van der Waals surface area contributed by atoms with E-state index in [2.05, 4.69) is 35.7 Å². The number of nitriles is 1. The lowest BCUT2D eigenvalue weighted by Gasteiger charge is -2.39. The van der Waals surface area contributed by atoms with Crippen molar-refractivity contribution in [1.82, 2.24) is 25.5 Å². The number of aromatic amines is 1. The molecule has 1 aromatic heterocycles. The van der Waals surface area contributed by atoms with Gasteiger partial charge in [-0.1, -0.05) is 0 Å². The molecule has 0 saturated carbocycles. The second-order valence-corrected chi connectivity index (χ2v) is 6.49. The van der Waals surface area contributed by atoms with E-state index in [9.17, 15) is 4.39 Å². The van der Waals surface area contributed by atoms with Gasteiger partial charge in [-0.2, -0.15) is 10.5 Å². The first-order chi connectivity index (χ1) is 12.7. The monoisotopic (exact) mass is 354 g/mol. The van der Waals surface area contributed by atoms with Gasteiger partial charge in [0.15, 0.2) is 0 Å². The van der Waals surface area contributed by atoms with Crippen LogP contribution >= 0.6 is 0 Å². The number of anilines is 2. The highest BCUT2D eigenvalue weighted by atomic mass is 19.1. The number of nitrogens with zero attached hydrogens (tertiary/aromatic N) is 6. The van der Waals surface area contributed by atoms with Crippen LogP contribution < -0.4 is 10.2 Å². The van der Waals surface area contributed by atoms with Crippen LogP contribution in [0.15, 0.2) is 24.4 Å². The summed E-state index contributed by atoms with van der Waals surface area (Å²) < 4.78 is 14.6. The van der Waals surface area contributed by atoms with Crippen LogP contribution in [0.1, 0.15) is 18.7 Å². The molecule has 2 aliphatic heterocycles. The number of fused-ring (bicyclic) bond motifs is 1. The number of hydrogen-bond donors (Lipinski definition) is 2. The topological polar surface area (TPSA) is 96.8 Å². The van der Waals surface area contributed by atoms with Crippen molar-refractivity contribution in [3.8, 4) is 6.07 Å². The Kier molecular flexibility index (Phi) is 4.50. The Labute approximate surface area is 150 Å². The second-order valence-electron chi connectivity index (χ2n) is 6.49. The van der Waals surface area contributed by atoms with Crippen LogP contribution in [-0.4, -0.2) is 57.7 Å². The average Bonchev–Trinajstić information content (AvgIpc) is 3.33. The average molecular weight is 354 g/mol. The van der Waals surface area contributed by atoms with Crippen molar-refractivity contribution in [1.29, 1.82) is 5.26 Å². The fourth-order valence-corrected chi connectivity index (χ4v) is 3.64. The Morgan fingerprint density at radius 3 is 3.08 bits per heavy atom. The van der Waals surface area contributed by atoms with Gasteiger partial charge < -0.3 is 10.2 Å². The molecule has 4 rings (SSSR count). The van der Waals surface area contributed by atoms with Gasteiger partial charge in [-0.25, -0.2) is 4.39 Å². The van der Waals surface area contributed by atoms with Gasteiger partial charge in [-0.3, -0.25) is 4.90 Å². The smallest absolute Gasteiger partial charge is 0.216 e. The van der Waals surface area contributed by atoms with E-state index >= 15 is 0 Å². The molecular weight excluding hydrogens is 335 g/mol. The van der Waals surface area contributed by atoms with Gasteiger partial charge in [0.25, 0.3) is 0 Å². The molecule has 1 aromatic carbocycles. The van der Waals surface area contributed by atoms with Crippen LogP contribution in [-0.2, 0) is 0 Å². The van der Waals surface area contributed by atoms with Gasteiger partial charge in [0, 0.05) is 37.6 Å². The lowest BCUT2D eigenvalue weighted by molar-refractivity contribution is 0.230. The Morgan fingerprint density at radius 2 is 2.31 bits per heavy atom. The van der Waals surface area contributed by atoms with Crippen molar-refractivity contribution in [2.75, 3.05) is 36.4 Å². The minimum atomic E-state index is -0.270. The molecule has 2 aliphatic rings. The third-order valence-corrected chi connectivity index (χ3v) is 4.97. The largest absolute Gasteiger partial charge is 0.366 e. The number of tetrazole rings is 1. The standard InChI is InChI=1S/C17H19FN8/c18-15-8-13(20-10-12(9-19)17-21-23-24-22-17)3-4-16(15)26-7-6-25-5-1-2-14(25)11-26/h3-4,8,10,14,20H,1-2,5-7,11H2,(H,21,22,23,24). The number of rotatable bonds is 4. The predicted octanol–water partition coefficient (Wildman–Crippen LogP) is 1.60. The number of hydrogen-bond acceptors (Lipinski definition) is 7. The van der Waals surface area contributed by atoms with Gasteiger partial charge in [0.2, 0.25) is 5.82 Å². The predicted molar refractivity (Wildman–Crippen MR) is 94.6 cm³/mol. The van der Waals surface area contributed by atoms with Crippen LogP contribution in [0.25, 0.3) is 5.57 Å². The highest BCUT2D eigenvalue weighted by molar-refractivity contribution is 5.74. The number of aromatic nitrogens is 4. The van der Waals surface area contributed by atoms with Crippen molar-refractivity contribution in [2.45, 2.75) is 18.9 Å². The number of allylic oxidation sites excluding steroid dienone is 1. The fraction of sp³-hybridized carbons (Fsp3) is 0.412. The Bertz CT molecular complexity index is 841. The normalized spacial score (nSPS) is 20.7. The molecule has 0 spiro atoms. The molecule has 0 radical (unpaired) electrons. The van der Waals surface area contributed by atoms with Crippen molar-refractivity contribution < 1.29 is 4.39 Å². The van der Waals surface area contributed by atoms with Gasteiger partial charge in [-0.05, 0) is 42.8 Å². The quantitative estimate of drug-likeness (QED) is 0.805. The number of benzene rings is 1. The molecule has 1 unspecified atom stereocenters. The number of piperazine rings is 1. The molecule has 0 amide bonds. The van der Waals surface area contributed by atoms with E-state index < -0.39 is 0 Å². The Balaban J connectivity index is 1.47. The lowest BCUT2D eigenvalue weighted by Crippen LogP contribution is -2.50. The maximum atomic E-state index is 14.6. The summed E-state index contributed by atoms with van der Waals surface area (Å²) in [6.07, 6.45) is 3.87. The minimum absolute atomic E-state index is 0.187. The molecule has 9 heteroatoms. The molecule has 26 heavy (non-hydrogen) atoms. The highest BCUT2D eigenvalue weighted by Crippen LogP contribution is 2.28. The summed E-state index contributed by atoms with van der Waals surface area (Å²) in [7, 11) is 0. The van der Waals surface area contributed by atoms with Crippen LogP contribution in [0, 0.1) is 17.1 Å². The van der Waals surface area contributed by atoms with Crippen LogP contribution in [0.4, 0.5) is 15.8 Å². The van der Waals surface area contributed by atoms with Crippen LogP contribution in [0.2, 0.25) is 0 Å². The summed E-state index contributed by atoms with van der Waals surface area (Å²) >= 11 is 0. The summed E-state index contributed by atoms with van der Waals surface area (Å²) in [5.41, 5.74) is 1.40. The second kappa shape index (κ2) is 7.09. The molecule has 0 aliphatic carbocycles. The van der Waals surface area contributed by atoms with Crippen LogP contribution in [0.5, 0.6) is 0 Å². The zero-order chi connectivity index (χ0) is 17.9. The minimum Gasteiger partial charge on any atom is -0.366 e. The molecule has 1 atom stereocenters. The van der Waals surface area contributed by atoms with Crippen molar-refractivity contribution >= 4 is 16.9 Å². The number of H-pyrrole nitrogens is 1. The third-order valence-electron chi connectivity index (χ3n) is 4.97. The first-order valence-electron chi connectivity index (χ1n) is 8.64. The van der Waals surface area contributed by atoms with Crippen LogP contribution in [0.3, 0.4) is 0 Å². The highest BCUT2D eigenvalue weighted by Gasteiger charge is 2.31. The first-order valence-corrected chi connectivity index (χ1v) is 8.64. The molecule has 8 nitrogen and oxygen atoms in total. The van der Waals surface area contributed by atoms with Gasteiger partial charge in [-0.15, -0.1) is 10.2 Å². The Morgan fingerprint density at radius 1 is 1.38 bits per heavy atom. The van der Waals surface area contributed by atoms with E-state index in [-0.39, 0.29) is 17.2 Å². The van der Waals surface area contributed by atoms with E-state index in [1.807, 2.05) is 6.07 Å². The molecule has 2 saturated heterocycles. The summed E-state index contributed by atoms with van der Waals surface area (Å²) in [6, 6.07) is 7.56. The Hall–Kier alpha value is -2.99.